The van der Waals surface area contributed by atoms with Gasteiger partial charge < -0.3 is 47.6 Å². The van der Waals surface area contributed by atoms with Crippen LogP contribution in [0.4, 0.5) is 4.79 Å². The van der Waals surface area contributed by atoms with Gasteiger partial charge >= 0.3 is 12.1 Å². The number of amides is 1. The molecule has 0 radical (unpaired) electrons. The number of nitrogens with zero attached hydrogens (tertiary/aromatic N) is 2. The van der Waals surface area contributed by atoms with Crippen LogP contribution in [0.3, 0.4) is 0 Å². The van der Waals surface area contributed by atoms with Crippen molar-refractivity contribution >= 4 is 20.4 Å². The molecule has 13 nitrogen and oxygen atoms in total. The average Bonchev–Trinajstić information content (AvgIpc) is 3.30. The van der Waals surface area contributed by atoms with Crippen LogP contribution in [0, 0.1) is 17.8 Å². The quantitative estimate of drug-likeness (QED) is 0.0276. The number of aliphatic hydroxyl groups is 1. The van der Waals surface area contributed by atoms with Gasteiger partial charge in [0.25, 0.3) is 0 Å². The first-order chi connectivity index (χ1) is 31.7. The third kappa shape index (κ3) is 19.5. The van der Waals surface area contributed by atoms with E-state index in [4.69, 9.17) is 37.6 Å². The summed E-state index contributed by atoms with van der Waals surface area (Å²) in [6, 6.07) is 2.24. The molecule has 10 atom stereocenters. The van der Waals surface area contributed by atoms with E-state index in [1.54, 1.807) is 12.0 Å². The van der Waals surface area contributed by atoms with E-state index < -0.39 is 43.9 Å². The molecule has 0 aromatic rings. The van der Waals surface area contributed by atoms with Crippen molar-refractivity contribution in [2.75, 3.05) is 72.9 Å². The molecule has 67 heavy (non-hydrogen) atoms. The van der Waals surface area contributed by atoms with Crippen LogP contribution in [-0.2, 0) is 42.4 Å². The maximum atomic E-state index is 14.2. The number of esters is 1. The summed E-state index contributed by atoms with van der Waals surface area (Å²) in [5, 5.41) is 11.6. The average molecular weight is 967 g/mol. The highest BCUT2D eigenvalue weighted by Crippen LogP contribution is 2.36. The molecule has 2 aliphatic heterocycles. The van der Waals surface area contributed by atoms with Crippen molar-refractivity contribution in [3.05, 3.63) is 36.0 Å². The Morgan fingerprint density at radius 3 is 2.13 bits per heavy atom. The Bertz CT molecular complexity index is 1490. The molecule has 390 valence electrons. The van der Waals surface area contributed by atoms with Gasteiger partial charge in [-0.2, -0.15) is 0 Å². The molecule has 2 aliphatic rings. The summed E-state index contributed by atoms with van der Waals surface area (Å²) in [5.41, 5.74) is -0.635. The number of piperazine rings is 1. The van der Waals surface area contributed by atoms with E-state index in [0.717, 1.165) is 37.2 Å². The zero-order valence-electron chi connectivity index (χ0n) is 45.1. The smallest absolute Gasteiger partial charge is 0.410 e. The minimum absolute atomic E-state index is 0.0373. The lowest BCUT2D eigenvalue weighted by molar-refractivity contribution is -0.152. The van der Waals surface area contributed by atoms with Gasteiger partial charge in [0.15, 0.2) is 14.4 Å². The minimum Gasteiger partial charge on any atom is -0.457 e. The first-order valence-corrected chi connectivity index (χ1v) is 28.3. The van der Waals surface area contributed by atoms with Gasteiger partial charge in [0.05, 0.1) is 56.8 Å². The minimum atomic E-state index is -2.27. The standard InChI is InChI=1S/C53H98N2O11Si/c1-17-47(59-16)44(13)43(12)46(56)38-52(14,62-35-33-60-18-2)27-22-23-41(10)50-42(11)24-25-48(64-51(58)55-31-29-54(30-32-55)39(6)7)53(15,63-36-34-61-19-3)28-26-45(37-49(57)65-50)66-67(20-4,21-5)40(8)9/h22-25,27,39-40,42-48,50,56H,17-21,26,28-38H2,1-16H3/b25-24+,27-22+,41-23+. The number of hydrogen-bond acceptors (Lipinski definition) is 12. The molecule has 0 aromatic heterocycles. The molecule has 1 fully saturated rings. The Morgan fingerprint density at radius 1 is 0.955 bits per heavy atom. The fraction of sp³-hybridized carbons (Fsp3) is 0.849. The Morgan fingerprint density at radius 2 is 1.58 bits per heavy atom. The van der Waals surface area contributed by atoms with Crippen LogP contribution in [0.2, 0.25) is 17.6 Å². The monoisotopic (exact) mass is 967 g/mol. The Kier molecular flexibility index (Phi) is 27.8. The van der Waals surface area contributed by atoms with E-state index >= 15 is 0 Å². The molecule has 0 spiro atoms. The summed E-state index contributed by atoms with van der Waals surface area (Å²) in [6.07, 6.45) is 9.24. The fourth-order valence-corrected chi connectivity index (χ4v) is 13.3. The van der Waals surface area contributed by atoms with Gasteiger partial charge in [-0.15, -0.1) is 0 Å². The third-order valence-electron chi connectivity index (χ3n) is 14.8. The molecular formula is C53H98N2O11Si. The van der Waals surface area contributed by atoms with Gasteiger partial charge in [-0.25, -0.2) is 4.79 Å². The normalized spacial score (nSPS) is 26.4. The molecule has 0 bridgehead atoms. The van der Waals surface area contributed by atoms with E-state index in [1.807, 2.05) is 71.9 Å². The van der Waals surface area contributed by atoms with Crippen molar-refractivity contribution in [1.29, 1.82) is 0 Å². The summed E-state index contributed by atoms with van der Waals surface area (Å²) >= 11 is 0. The number of allylic oxidation sites excluding steroid dienone is 2. The lowest BCUT2D eigenvalue weighted by Gasteiger charge is -2.41. The van der Waals surface area contributed by atoms with Crippen molar-refractivity contribution in [2.24, 2.45) is 17.8 Å². The Balaban J connectivity index is 2.68. The van der Waals surface area contributed by atoms with E-state index in [1.165, 1.54) is 0 Å². The van der Waals surface area contributed by atoms with E-state index in [-0.39, 0.29) is 42.3 Å². The van der Waals surface area contributed by atoms with Crippen molar-refractivity contribution in [3.63, 3.8) is 0 Å². The lowest BCUT2D eigenvalue weighted by Crippen LogP contribution is -2.53. The lowest BCUT2D eigenvalue weighted by atomic mass is 9.81. The number of aliphatic hydroxyl groups excluding tert-OH is 1. The molecule has 1 amide bonds. The Hall–Kier alpha value is -2.14. The second-order valence-electron chi connectivity index (χ2n) is 20.1. The maximum Gasteiger partial charge on any atom is 0.410 e. The molecule has 1 saturated heterocycles. The van der Waals surface area contributed by atoms with Crippen molar-refractivity contribution in [2.45, 2.75) is 201 Å². The molecule has 0 aliphatic carbocycles. The topological polar surface area (TPSA) is 135 Å². The maximum absolute atomic E-state index is 14.2. The zero-order chi connectivity index (χ0) is 50.4. The highest BCUT2D eigenvalue weighted by molar-refractivity contribution is 6.75. The van der Waals surface area contributed by atoms with Crippen LogP contribution in [0.5, 0.6) is 0 Å². The summed E-state index contributed by atoms with van der Waals surface area (Å²) < 4.78 is 50.4. The van der Waals surface area contributed by atoms with Crippen LogP contribution in [0.1, 0.15) is 136 Å². The molecular weight excluding hydrogens is 869 g/mol. The predicted molar refractivity (Wildman–Crippen MR) is 272 cm³/mol. The van der Waals surface area contributed by atoms with Gasteiger partial charge in [-0.1, -0.05) is 79.7 Å². The van der Waals surface area contributed by atoms with E-state index in [2.05, 4.69) is 67.2 Å². The summed E-state index contributed by atoms with van der Waals surface area (Å²) in [4.78, 5) is 32.5. The number of hydrogen-bond donors (Lipinski definition) is 1. The van der Waals surface area contributed by atoms with E-state index in [0.29, 0.717) is 83.6 Å². The van der Waals surface area contributed by atoms with E-state index in [9.17, 15) is 14.7 Å². The van der Waals surface area contributed by atoms with Crippen LogP contribution in [-0.4, -0.2) is 156 Å². The second kappa shape index (κ2) is 30.6. The number of rotatable bonds is 27. The van der Waals surface area contributed by atoms with Crippen LogP contribution in [0.15, 0.2) is 36.0 Å². The first kappa shape index (κ1) is 61.0. The largest absolute Gasteiger partial charge is 0.457 e. The fourth-order valence-electron chi connectivity index (χ4n) is 9.66. The highest BCUT2D eigenvalue weighted by atomic mass is 28.4. The SMILES string of the molecule is CCOCCOC(C)(/C=C/C=C(\C)C1OC(=O)CC(O[Si](CC)(CC)C(C)C)CCC(C)(OCCOCC)C(OC(=O)N2CCN(C(C)C)CC2)/C=C/C1C)CC(O)C(C)C(C)C(CC)OC. The molecule has 1 N–H and O–H groups in total. The number of carbonyl (C=O) groups is 2. The third-order valence-corrected chi connectivity index (χ3v) is 20.1. The second-order valence-corrected chi connectivity index (χ2v) is 25.1. The molecule has 0 aromatic carbocycles. The van der Waals surface area contributed by atoms with Crippen molar-refractivity contribution in [1.82, 2.24) is 9.80 Å². The molecule has 0 saturated carbocycles. The number of ether oxygens (including phenoxy) is 7. The summed E-state index contributed by atoms with van der Waals surface area (Å²) in [5.74, 6) is -0.558. The van der Waals surface area contributed by atoms with Crippen molar-refractivity contribution < 1.29 is 52.3 Å². The van der Waals surface area contributed by atoms with Crippen LogP contribution in [0.25, 0.3) is 0 Å². The predicted octanol–water partition coefficient (Wildman–Crippen LogP) is 10.2. The van der Waals surface area contributed by atoms with Gasteiger partial charge in [-0.3, -0.25) is 9.69 Å². The van der Waals surface area contributed by atoms with Gasteiger partial charge in [-0.05, 0) is 109 Å². The van der Waals surface area contributed by atoms with Crippen LogP contribution < -0.4 is 0 Å². The molecule has 14 heteroatoms. The number of methoxy groups -OCH3 is 1. The summed E-state index contributed by atoms with van der Waals surface area (Å²) in [6.45, 7) is 36.7. The molecule has 2 rings (SSSR count). The van der Waals surface area contributed by atoms with Crippen molar-refractivity contribution in [3.8, 4) is 0 Å². The van der Waals surface area contributed by atoms with Gasteiger partial charge in [0.1, 0.15) is 11.7 Å². The number of cyclic esters (lactones) is 1. The zero-order valence-corrected chi connectivity index (χ0v) is 46.1. The summed E-state index contributed by atoms with van der Waals surface area (Å²) in [7, 11) is -0.546. The van der Waals surface area contributed by atoms with Gasteiger partial charge in [0.2, 0.25) is 0 Å². The first-order valence-electron chi connectivity index (χ1n) is 25.9. The molecule has 2 heterocycles. The highest BCUT2D eigenvalue weighted by Gasteiger charge is 2.43. The number of carbonyl (C=O) groups excluding carboxylic acids is 2. The van der Waals surface area contributed by atoms with Crippen LogP contribution >= 0.6 is 0 Å². The Labute approximate surface area is 409 Å². The van der Waals surface area contributed by atoms with Gasteiger partial charge in [0, 0.05) is 64.9 Å². The molecule has 10 unspecified atom stereocenters.